The third-order valence-electron chi connectivity index (χ3n) is 4.56. The smallest absolute Gasteiger partial charge is 0.259 e. The molecule has 2 aromatic rings. The number of hydrogen-bond acceptors (Lipinski definition) is 5. The van der Waals surface area contributed by atoms with Crippen LogP contribution in [0, 0.1) is 12.8 Å². The molecule has 8 heteroatoms. The summed E-state index contributed by atoms with van der Waals surface area (Å²) >= 11 is 0. The maximum absolute atomic E-state index is 12.6. The molecule has 126 valence electrons. The molecule has 2 aliphatic rings. The van der Waals surface area contributed by atoms with Crippen molar-refractivity contribution in [1.29, 1.82) is 0 Å². The van der Waals surface area contributed by atoms with E-state index in [1.807, 2.05) is 18.0 Å². The van der Waals surface area contributed by atoms with Gasteiger partial charge < -0.3 is 14.5 Å². The summed E-state index contributed by atoms with van der Waals surface area (Å²) in [5.41, 5.74) is 2.01. The zero-order chi connectivity index (χ0) is 16.7. The molecule has 0 aliphatic carbocycles. The zero-order valence-electron chi connectivity index (χ0n) is 13.5. The van der Waals surface area contributed by atoms with Gasteiger partial charge in [-0.25, -0.2) is 9.50 Å². The third kappa shape index (κ3) is 2.52. The average Bonchev–Trinajstić information content (AvgIpc) is 2.97. The first-order valence-corrected chi connectivity index (χ1v) is 8.09. The SMILES string of the molecule is Cc1cnc2c(C(=O)N3CC(C(=O)N4CCOCC4)C3)cnn2c1. The molecular formula is C16H19N5O3. The lowest BCUT2D eigenvalue weighted by molar-refractivity contribution is -0.143. The molecule has 0 aromatic carbocycles. The van der Waals surface area contributed by atoms with Crippen LogP contribution < -0.4 is 0 Å². The van der Waals surface area contributed by atoms with Crippen molar-refractivity contribution < 1.29 is 14.3 Å². The van der Waals surface area contributed by atoms with Crippen LogP contribution in [0.4, 0.5) is 0 Å². The van der Waals surface area contributed by atoms with Crippen molar-refractivity contribution in [3.63, 3.8) is 0 Å². The molecule has 0 unspecified atom stereocenters. The zero-order valence-corrected chi connectivity index (χ0v) is 13.5. The summed E-state index contributed by atoms with van der Waals surface area (Å²) in [5, 5.41) is 4.19. The first kappa shape index (κ1) is 15.1. The highest BCUT2D eigenvalue weighted by Gasteiger charge is 2.39. The molecule has 2 amide bonds. The molecular weight excluding hydrogens is 310 g/mol. The minimum atomic E-state index is -0.118. The van der Waals surface area contributed by atoms with Crippen LogP contribution in [0.1, 0.15) is 15.9 Å². The predicted octanol–water partition coefficient (Wildman–Crippen LogP) is -0.0315. The van der Waals surface area contributed by atoms with Crippen molar-refractivity contribution in [3.05, 3.63) is 29.7 Å². The lowest BCUT2D eigenvalue weighted by Crippen LogP contribution is -2.57. The largest absolute Gasteiger partial charge is 0.378 e. The number of likely N-dealkylation sites (tertiary alicyclic amines) is 1. The Morgan fingerprint density at radius 2 is 1.92 bits per heavy atom. The Bertz CT molecular complexity index is 790. The van der Waals surface area contributed by atoms with Gasteiger partial charge in [-0.15, -0.1) is 0 Å². The van der Waals surface area contributed by atoms with Crippen molar-refractivity contribution in [3.8, 4) is 0 Å². The van der Waals surface area contributed by atoms with Crippen LogP contribution in [0.15, 0.2) is 18.6 Å². The highest BCUT2D eigenvalue weighted by molar-refractivity contribution is 6.00. The number of rotatable bonds is 2. The van der Waals surface area contributed by atoms with Crippen LogP contribution in [0.3, 0.4) is 0 Å². The summed E-state index contributed by atoms with van der Waals surface area (Å²) in [5.74, 6) is -0.104. The van der Waals surface area contributed by atoms with Crippen molar-refractivity contribution >= 4 is 17.5 Å². The number of hydrogen-bond donors (Lipinski definition) is 0. The molecule has 4 rings (SSSR count). The molecule has 0 bridgehead atoms. The minimum Gasteiger partial charge on any atom is -0.378 e. The first-order valence-electron chi connectivity index (χ1n) is 8.09. The van der Waals surface area contributed by atoms with E-state index in [1.54, 1.807) is 21.8 Å². The van der Waals surface area contributed by atoms with Crippen molar-refractivity contribution in [1.82, 2.24) is 24.4 Å². The standard InChI is InChI=1S/C16H19N5O3/c1-11-6-17-14-13(7-18-21(14)8-11)16(23)20-9-12(10-20)15(22)19-2-4-24-5-3-19/h6-8,12H,2-5,9-10H2,1H3. The molecule has 2 aromatic heterocycles. The normalized spacial score (nSPS) is 18.7. The molecule has 0 saturated carbocycles. The van der Waals surface area contributed by atoms with Crippen LogP contribution in [-0.4, -0.2) is 75.6 Å². The van der Waals surface area contributed by atoms with E-state index in [0.717, 1.165) is 5.56 Å². The number of aryl methyl sites for hydroxylation is 1. The van der Waals surface area contributed by atoms with Gasteiger partial charge in [-0.05, 0) is 12.5 Å². The van der Waals surface area contributed by atoms with Crippen LogP contribution >= 0.6 is 0 Å². The Balaban J connectivity index is 1.42. The monoisotopic (exact) mass is 329 g/mol. The number of amides is 2. The van der Waals surface area contributed by atoms with Gasteiger partial charge in [-0.1, -0.05) is 0 Å². The summed E-state index contributed by atoms with van der Waals surface area (Å²) in [6.45, 7) is 5.30. The van der Waals surface area contributed by atoms with Gasteiger partial charge in [-0.3, -0.25) is 9.59 Å². The van der Waals surface area contributed by atoms with Gasteiger partial charge in [0, 0.05) is 38.6 Å². The second-order valence-corrected chi connectivity index (χ2v) is 6.30. The van der Waals surface area contributed by atoms with E-state index in [-0.39, 0.29) is 17.7 Å². The molecule has 0 N–H and O–H groups in total. The highest BCUT2D eigenvalue weighted by atomic mass is 16.5. The molecule has 2 saturated heterocycles. The number of nitrogens with zero attached hydrogens (tertiary/aromatic N) is 5. The van der Waals surface area contributed by atoms with Crippen LogP contribution in [0.5, 0.6) is 0 Å². The number of aromatic nitrogens is 3. The quantitative estimate of drug-likeness (QED) is 0.773. The van der Waals surface area contributed by atoms with Gasteiger partial charge in [0.05, 0.1) is 25.3 Å². The van der Waals surface area contributed by atoms with Crippen LogP contribution in [0.25, 0.3) is 5.65 Å². The Morgan fingerprint density at radius 3 is 2.67 bits per heavy atom. The molecule has 2 fully saturated rings. The third-order valence-corrected chi connectivity index (χ3v) is 4.56. The fourth-order valence-electron chi connectivity index (χ4n) is 3.13. The second kappa shape index (κ2) is 5.86. The van der Waals surface area contributed by atoms with Gasteiger partial charge in [-0.2, -0.15) is 5.10 Å². The fraction of sp³-hybridized carbons (Fsp3) is 0.500. The average molecular weight is 329 g/mol. The number of carbonyl (C=O) groups excluding carboxylic acids is 2. The molecule has 2 aliphatic heterocycles. The van der Waals surface area contributed by atoms with Crippen LogP contribution in [-0.2, 0) is 9.53 Å². The van der Waals surface area contributed by atoms with E-state index >= 15 is 0 Å². The van der Waals surface area contributed by atoms with E-state index < -0.39 is 0 Å². The molecule has 24 heavy (non-hydrogen) atoms. The maximum Gasteiger partial charge on any atom is 0.259 e. The van der Waals surface area contributed by atoms with Gasteiger partial charge >= 0.3 is 0 Å². The Morgan fingerprint density at radius 1 is 1.17 bits per heavy atom. The van der Waals surface area contributed by atoms with Crippen molar-refractivity contribution in [2.45, 2.75) is 6.92 Å². The van der Waals surface area contributed by atoms with E-state index in [9.17, 15) is 9.59 Å². The number of ether oxygens (including phenoxy) is 1. The van der Waals surface area contributed by atoms with Gasteiger partial charge in [0.15, 0.2) is 5.65 Å². The minimum absolute atomic E-state index is 0.107. The van der Waals surface area contributed by atoms with Crippen molar-refractivity contribution in [2.75, 3.05) is 39.4 Å². The molecule has 0 atom stereocenters. The van der Waals surface area contributed by atoms with Crippen LogP contribution in [0.2, 0.25) is 0 Å². The second-order valence-electron chi connectivity index (χ2n) is 6.30. The number of morpholine rings is 1. The first-order chi connectivity index (χ1) is 11.6. The van der Waals surface area contributed by atoms with Gasteiger partial charge in [0.1, 0.15) is 5.56 Å². The van der Waals surface area contributed by atoms with E-state index in [2.05, 4.69) is 10.1 Å². The summed E-state index contributed by atoms with van der Waals surface area (Å²) in [6.07, 6.45) is 5.09. The number of fused-ring (bicyclic) bond motifs is 1. The topological polar surface area (TPSA) is 80.0 Å². The van der Waals surface area contributed by atoms with E-state index in [1.165, 1.54) is 0 Å². The summed E-state index contributed by atoms with van der Waals surface area (Å²) in [6, 6.07) is 0. The summed E-state index contributed by atoms with van der Waals surface area (Å²) in [4.78, 5) is 32.8. The molecule has 0 spiro atoms. The molecule has 8 nitrogen and oxygen atoms in total. The Kier molecular flexibility index (Phi) is 3.68. The van der Waals surface area contributed by atoms with Crippen molar-refractivity contribution in [2.24, 2.45) is 5.92 Å². The van der Waals surface area contributed by atoms with E-state index in [0.29, 0.717) is 50.6 Å². The molecule has 4 heterocycles. The lowest BCUT2D eigenvalue weighted by Gasteiger charge is -2.41. The highest BCUT2D eigenvalue weighted by Crippen LogP contribution is 2.22. The summed E-state index contributed by atoms with van der Waals surface area (Å²) < 4.78 is 6.87. The van der Waals surface area contributed by atoms with E-state index in [4.69, 9.17) is 4.74 Å². The predicted molar refractivity (Wildman–Crippen MR) is 84.5 cm³/mol. The Hall–Kier alpha value is -2.48. The number of carbonyl (C=O) groups is 2. The maximum atomic E-state index is 12.6. The molecule has 0 radical (unpaired) electrons. The van der Waals surface area contributed by atoms with Gasteiger partial charge in [0.2, 0.25) is 5.91 Å². The summed E-state index contributed by atoms with van der Waals surface area (Å²) in [7, 11) is 0. The fourth-order valence-corrected chi connectivity index (χ4v) is 3.13. The lowest BCUT2D eigenvalue weighted by atomic mass is 9.97. The van der Waals surface area contributed by atoms with Gasteiger partial charge in [0.25, 0.3) is 5.91 Å². The Labute approximate surface area is 139 Å².